The molecule has 3 aromatic rings. The van der Waals surface area contributed by atoms with E-state index in [-0.39, 0.29) is 0 Å². The van der Waals surface area contributed by atoms with Crippen molar-refractivity contribution in [1.29, 1.82) is 0 Å². The largest absolute Gasteiger partial charge is 0.329 e. The van der Waals surface area contributed by atoms with Crippen LogP contribution >= 0.6 is 27.5 Å². The van der Waals surface area contributed by atoms with Gasteiger partial charge in [0, 0.05) is 37.8 Å². The van der Waals surface area contributed by atoms with E-state index < -0.39 is 11.8 Å². The second-order valence-corrected chi connectivity index (χ2v) is 8.08. The molecule has 1 heterocycles. The fourth-order valence-electron chi connectivity index (χ4n) is 3.00. The van der Waals surface area contributed by atoms with E-state index in [1.165, 1.54) is 6.21 Å². The third-order valence-corrected chi connectivity index (χ3v) is 5.44. The number of hydrogen-bond donors (Lipinski definition) is 2. The van der Waals surface area contributed by atoms with Crippen LogP contribution in [0, 0.1) is 20.8 Å². The smallest absolute Gasteiger partial charge is 0.318 e. The monoisotopic (exact) mass is 486 g/mol. The number of anilines is 1. The van der Waals surface area contributed by atoms with E-state index in [2.05, 4.69) is 36.3 Å². The molecule has 0 radical (unpaired) electrons. The van der Waals surface area contributed by atoms with E-state index in [4.69, 9.17) is 11.6 Å². The van der Waals surface area contributed by atoms with Crippen LogP contribution in [-0.2, 0) is 9.59 Å². The van der Waals surface area contributed by atoms with Gasteiger partial charge in [0.05, 0.1) is 6.21 Å². The first-order valence-electron chi connectivity index (χ1n) is 9.11. The quantitative estimate of drug-likeness (QED) is 0.312. The summed E-state index contributed by atoms with van der Waals surface area (Å²) < 4.78 is 2.85. The van der Waals surface area contributed by atoms with Crippen LogP contribution in [0.5, 0.6) is 0 Å². The van der Waals surface area contributed by atoms with Gasteiger partial charge in [0.2, 0.25) is 0 Å². The van der Waals surface area contributed by atoms with E-state index >= 15 is 0 Å². The molecule has 154 valence electrons. The lowest BCUT2D eigenvalue weighted by Crippen LogP contribution is -2.32. The minimum Gasteiger partial charge on any atom is -0.318 e. The topological polar surface area (TPSA) is 75.5 Å². The predicted octanol–water partition coefficient (Wildman–Crippen LogP) is 4.91. The highest BCUT2D eigenvalue weighted by molar-refractivity contribution is 9.10. The van der Waals surface area contributed by atoms with Gasteiger partial charge in [-0.25, -0.2) is 5.43 Å². The lowest BCUT2D eigenvalue weighted by atomic mass is 10.2. The summed E-state index contributed by atoms with van der Waals surface area (Å²) in [4.78, 5) is 24.0. The highest BCUT2D eigenvalue weighted by atomic mass is 79.9. The van der Waals surface area contributed by atoms with Gasteiger partial charge in [0.25, 0.3) is 0 Å². The van der Waals surface area contributed by atoms with Gasteiger partial charge in [0.1, 0.15) is 0 Å². The fourth-order valence-corrected chi connectivity index (χ4v) is 3.58. The van der Waals surface area contributed by atoms with Gasteiger partial charge in [-0.1, -0.05) is 39.7 Å². The Hall–Kier alpha value is -2.90. The van der Waals surface area contributed by atoms with E-state index in [0.717, 1.165) is 32.7 Å². The Morgan fingerprint density at radius 2 is 1.83 bits per heavy atom. The zero-order valence-electron chi connectivity index (χ0n) is 16.7. The summed E-state index contributed by atoms with van der Waals surface area (Å²) in [5.74, 6) is -1.66. The number of aryl methyl sites for hydroxylation is 2. The number of carbonyl (C=O) groups is 2. The third-order valence-electron chi connectivity index (χ3n) is 4.54. The molecule has 8 heteroatoms. The maximum absolute atomic E-state index is 12.0. The van der Waals surface area contributed by atoms with Crippen molar-refractivity contribution in [3.05, 3.63) is 80.5 Å². The van der Waals surface area contributed by atoms with Gasteiger partial charge in [-0.15, -0.1) is 0 Å². The summed E-state index contributed by atoms with van der Waals surface area (Å²) in [6.45, 7) is 5.88. The third kappa shape index (κ3) is 4.98. The van der Waals surface area contributed by atoms with Gasteiger partial charge in [0.15, 0.2) is 0 Å². The van der Waals surface area contributed by atoms with Gasteiger partial charge >= 0.3 is 11.8 Å². The molecule has 30 heavy (non-hydrogen) atoms. The standard InChI is InChI=1S/C22H20BrClN4O2/c1-13-7-8-19(11-20(13)24)28-14(2)9-16(15(28)3)12-25-27-22(30)21(29)26-18-6-4-5-17(23)10-18/h4-12H,1-3H3,(H,26,29)(H,27,30)/b25-12-. The van der Waals surface area contributed by atoms with E-state index in [0.29, 0.717) is 10.7 Å². The lowest BCUT2D eigenvalue weighted by Gasteiger charge is -2.11. The maximum Gasteiger partial charge on any atom is 0.329 e. The Morgan fingerprint density at radius 3 is 2.53 bits per heavy atom. The van der Waals surface area contributed by atoms with Crippen LogP contribution in [0.4, 0.5) is 5.69 Å². The lowest BCUT2D eigenvalue weighted by molar-refractivity contribution is -0.136. The Morgan fingerprint density at radius 1 is 1.07 bits per heavy atom. The van der Waals surface area contributed by atoms with E-state index in [1.54, 1.807) is 18.2 Å². The molecule has 0 aliphatic heterocycles. The van der Waals surface area contributed by atoms with E-state index in [1.807, 2.05) is 51.1 Å². The van der Waals surface area contributed by atoms with Crippen molar-refractivity contribution in [2.45, 2.75) is 20.8 Å². The molecule has 0 aliphatic rings. The second-order valence-electron chi connectivity index (χ2n) is 6.76. The SMILES string of the molecule is Cc1ccc(-n2c(C)cc(/C=N\NC(=O)C(=O)Nc3cccc(Br)c3)c2C)cc1Cl. The number of halogens is 2. The van der Waals surface area contributed by atoms with Crippen molar-refractivity contribution in [2.75, 3.05) is 5.32 Å². The highest BCUT2D eigenvalue weighted by Gasteiger charge is 2.14. The molecule has 0 fully saturated rings. The summed E-state index contributed by atoms with van der Waals surface area (Å²) >= 11 is 9.57. The van der Waals surface area contributed by atoms with Crippen molar-refractivity contribution < 1.29 is 9.59 Å². The molecule has 0 spiro atoms. The Balaban J connectivity index is 1.69. The number of aromatic nitrogens is 1. The van der Waals surface area contributed by atoms with Crippen molar-refractivity contribution >= 4 is 51.2 Å². The molecule has 6 nitrogen and oxygen atoms in total. The molecule has 0 aliphatic carbocycles. The zero-order chi connectivity index (χ0) is 21.8. The molecule has 3 rings (SSSR count). The van der Waals surface area contributed by atoms with Gasteiger partial charge < -0.3 is 9.88 Å². The van der Waals surface area contributed by atoms with Crippen LogP contribution < -0.4 is 10.7 Å². The minimum absolute atomic E-state index is 0.508. The first-order valence-corrected chi connectivity index (χ1v) is 10.3. The van der Waals surface area contributed by atoms with Gasteiger partial charge in [-0.3, -0.25) is 9.59 Å². The van der Waals surface area contributed by atoms with Crippen LogP contribution in [0.1, 0.15) is 22.5 Å². The maximum atomic E-state index is 12.0. The summed E-state index contributed by atoms with van der Waals surface area (Å²) in [7, 11) is 0. The van der Waals surface area contributed by atoms with Crippen molar-refractivity contribution in [1.82, 2.24) is 9.99 Å². The summed E-state index contributed by atoms with van der Waals surface area (Å²) in [6.07, 6.45) is 1.51. The molecule has 0 bridgehead atoms. The average molecular weight is 488 g/mol. The minimum atomic E-state index is -0.856. The number of hydrogen-bond acceptors (Lipinski definition) is 3. The van der Waals surface area contributed by atoms with Crippen molar-refractivity contribution in [2.24, 2.45) is 5.10 Å². The van der Waals surface area contributed by atoms with Crippen LogP contribution in [0.2, 0.25) is 5.02 Å². The zero-order valence-corrected chi connectivity index (χ0v) is 19.0. The van der Waals surface area contributed by atoms with Crippen LogP contribution in [0.25, 0.3) is 5.69 Å². The average Bonchev–Trinajstić information content (AvgIpc) is 2.97. The van der Waals surface area contributed by atoms with Crippen LogP contribution in [0.15, 0.2) is 58.1 Å². The molecule has 0 saturated carbocycles. The molecule has 0 atom stereocenters. The number of amides is 2. The number of nitrogens with zero attached hydrogens (tertiary/aromatic N) is 2. The first kappa shape index (κ1) is 21.8. The Labute approximate surface area is 188 Å². The Bertz CT molecular complexity index is 1150. The molecule has 2 aromatic carbocycles. The normalized spacial score (nSPS) is 11.0. The molecule has 0 saturated heterocycles. The Kier molecular flexibility index (Phi) is 6.74. The number of nitrogens with one attached hydrogen (secondary N) is 2. The number of hydrazone groups is 1. The second kappa shape index (κ2) is 9.28. The molecule has 2 amide bonds. The summed E-state index contributed by atoms with van der Waals surface area (Å²) in [5.41, 5.74) is 7.46. The van der Waals surface area contributed by atoms with Gasteiger partial charge in [-0.2, -0.15) is 5.10 Å². The molecular formula is C22H20BrClN4O2. The summed E-state index contributed by atoms with van der Waals surface area (Å²) in [6, 6.07) is 14.8. The van der Waals surface area contributed by atoms with Crippen LogP contribution in [-0.4, -0.2) is 22.6 Å². The number of rotatable bonds is 4. The fraction of sp³-hybridized carbons (Fsp3) is 0.136. The summed E-state index contributed by atoms with van der Waals surface area (Å²) in [5, 5.41) is 7.14. The predicted molar refractivity (Wildman–Crippen MR) is 123 cm³/mol. The number of carbonyl (C=O) groups excluding carboxylic acids is 2. The van der Waals surface area contributed by atoms with Gasteiger partial charge in [-0.05, 0) is 62.7 Å². The molecule has 0 unspecified atom stereocenters. The number of benzene rings is 2. The van der Waals surface area contributed by atoms with E-state index in [9.17, 15) is 9.59 Å². The highest BCUT2D eigenvalue weighted by Crippen LogP contribution is 2.24. The van der Waals surface area contributed by atoms with Crippen molar-refractivity contribution in [3.8, 4) is 5.69 Å². The van der Waals surface area contributed by atoms with Crippen molar-refractivity contribution in [3.63, 3.8) is 0 Å². The molecular weight excluding hydrogens is 468 g/mol. The molecule has 1 aromatic heterocycles. The van der Waals surface area contributed by atoms with Crippen LogP contribution in [0.3, 0.4) is 0 Å². The first-order chi connectivity index (χ1) is 14.3. The molecule has 2 N–H and O–H groups in total.